The van der Waals surface area contributed by atoms with Crippen molar-refractivity contribution in [2.75, 3.05) is 13.1 Å². The van der Waals surface area contributed by atoms with E-state index >= 15 is 0 Å². The third kappa shape index (κ3) is 3.71. The summed E-state index contributed by atoms with van der Waals surface area (Å²) in [4.78, 5) is 23.2. The number of halogens is 1. The van der Waals surface area contributed by atoms with Crippen LogP contribution in [0, 0.1) is 0 Å². The number of benzene rings is 1. The lowest BCUT2D eigenvalue weighted by Gasteiger charge is -2.41. The first-order valence-corrected chi connectivity index (χ1v) is 9.29. The Bertz CT molecular complexity index is 967. The molecule has 1 aliphatic heterocycles. The third-order valence-electron chi connectivity index (χ3n) is 4.56. The van der Waals surface area contributed by atoms with Crippen LogP contribution in [0.3, 0.4) is 0 Å². The van der Waals surface area contributed by atoms with Gasteiger partial charge in [0.25, 0.3) is 5.91 Å². The quantitative estimate of drug-likeness (QED) is 0.653. The zero-order valence-corrected chi connectivity index (χ0v) is 16.3. The van der Waals surface area contributed by atoms with Crippen LogP contribution in [0.4, 0.5) is 0 Å². The second-order valence-corrected chi connectivity index (χ2v) is 7.58. The molecule has 0 radical (unpaired) electrons. The Morgan fingerprint density at radius 3 is 2.64 bits per heavy atom. The highest BCUT2D eigenvalue weighted by atomic mass is 35.5. The molecule has 1 amide bonds. The van der Waals surface area contributed by atoms with Crippen molar-refractivity contribution in [2.24, 2.45) is 0 Å². The Labute approximate surface area is 167 Å². The van der Waals surface area contributed by atoms with Crippen LogP contribution in [0.5, 0.6) is 5.75 Å². The molecule has 1 saturated heterocycles. The van der Waals surface area contributed by atoms with Gasteiger partial charge < -0.3 is 14.2 Å². The van der Waals surface area contributed by atoms with Crippen LogP contribution in [0.2, 0.25) is 5.02 Å². The SMILES string of the molecule is CC(C)(Oc1ccc(Cl)cc1)C(=O)N1CC(c2nc(-c3ccccn3)no2)C1. The van der Waals surface area contributed by atoms with E-state index in [4.69, 9.17) is 20.9 Å². The second-order valence-electron chi connectivity index (χ2n) is 7.14. The Balaban J connectivity index is 1.37. The van der Waals surface area contributed by atoms with Gasteiger partial charge in [0.2, 0.25) is 11.7 Å². The van der Waals surface area contributed by atoms with Crippen LogP contribution in [-0.4, -0.2) is 44.6 Å². The molecule has 0 atom stereocenters. The predicted molar refractivity (Wildman–Crippen MR) is 103 cm³/mol. The zero-order valence-electron chi connectivity index (χ0n) is 15.5. The summed E-state index contributed by atoms with van der Waals surface area (Å²) in [6.07, 6.45) is 1.68. The lowest BCUT2D eigenvalue weighted by molar-refractivity contribution is -0.150. The first-order valence-electron chi connectivity index (χ1n) is 8.91. The minimum atomic E-state index is -0.993. The standard InChI is InChI=1S/C20H19ClN4O3/c1-20(2,27-15-8-6-14(21)7-9-15)19(26)25-11-13(12-25)18-23-17(24-28-18)16-5-3-4-10-22-16/h3-10,13H,11-12H2,1-2H3. The Morgan fingerprint density at radius 1 is 1.21 bits per heavy atom. The van der Waals surface area contributed by atoms with E-state index in [9.17, 15) is 4.79 Å². The Kier molecular flexibility index (Phi) is 4.77. The number of aromatic nitrogens is 3. The lowest BCUT2D eigenvalue weighted by atomic mass is 9.96. The van der Waals surface area contributed by atoms with Crippen molar-refractivity contribution in [3.05, 3.63) is 59.6 Å². The maximum absolute atomic E-state index is 12.8. The normalized spacial score (nSPS) is 14.6. The summed E-state index contributed by atoms with van der Waals surface area (Å²) in [5.74, 6) is 1.48. The van der Waals surface area contributed by atoms with Gasteiger partial charge in [0, 0.05) is 24.3 Å². The van der Waals surface area contributed by atoms with Crippen molar-refractivity contribution < 1.29 is 14.1 Å². The molecule has 4 rings (SSSR count). The number of carbonyl (C=O) groups excluding carboxylic acids is 1. The molecule has 2 aromatic heterocycles. The molecule has 0 bridgehead atoms. The van der Waals surface area contributed by atoms with Crippen molar-refractivity contribution in [3.8, 4) is 17.3 Å². The number of rotatable bonds is 5. The van der Waals surface area contributed by atoms with Crippen molar-refractivity contribution in [2.45, 2.75) is 25.4 Å². The molecule has 3 heterocycles. The van der Waals surface area contributed by atoms with Crippen molar-refractivity contribution in [3.63, 3.8) is 0 Å². The van der Waals surface area contributed by atoms with E-state index in [2.05, 4.69) is 15.1 Å². The zero-order chi connectivity index (χ0) is 19.7. The van der Waals surface area contributed by atoms with Crippen LogP contribution in [0.1, 0.15) is 25.7 Å². The minimum Gasteiger partial charge on any atom is -0.478 e. The number of pyridine rings is 1. The predicted octanol–water partition coefficient (Wildman–Crippen LogP) is 3.57. The number of nitrogens with zero attached hydrogens (tertiary/aromatic N) is 4. The van der Waals surface area contributed by atoms with E-state index in [0.717, 1.165) is 0 Å². The summed E-state index contributed by atoms with van der Waals surface area (Å²) in [5, 5.41) is 4.60. The van der Waals surface area contributed by atoms with E-state index in [-0.39, 0.29) is 11.8 Å². The fourth-order valence-corrected chi connectivity index (χ4v) is 3.15. The van der Waals surface area contributed by atoms with Crippen molar-refractivity contribution in [1.82, 2.24) is 20.0 Å². The molecular formula is C20H19ClN4O3. The molecule has 8 heteroatoms. The molecular weight excluding hydrogens is 380 g/mol. The van der Waals surface area contributed by atoms with E-state index in [1.165, 1.54) is 0 Å². The van der Waals surface area contributed by atoms with Gasteiger partial charge in [0.15, 0.2) is 5.60 Å². The average Bonchev–Trinajstić information content (AvgIpc) is 3.12. The number of ether oxygens (including phenoxy) is 1. The Morgan fingerprint density at radius 2 is 1.96 bits per heavy atom. The fourth-order valence-electron chi connectivity index (χ4n) is 3.02. The van der Waals surface area contributed by atoms with Gasteiger partial charge in [-0.3, -0.25) is 9.78 Å². The summed E-state index contributed by atoms with van der Waals surface area (Å²) >= 11 is 5.89. The maximum atomic E-state index is 12.8. The van der Waals surface area contributed by atoms with Gasteiger partial charge in [-0.25, -0.2) is 0 Å². The van der Waals surface area contributed by atoms with Gasteiger partial charge in [-0.15, -0.1) is 0 Å². The third-order valence-corrected chi connectivity index (χ3v) is 4.81. The van der Waals surface area contributed by atoms with Crippen LogP contribution in [0.15, 0.2) is 53.2 Å². The first kappa shape index (κ1) is 18.4. The highest BCUT2D eigenvalue weighted by molar-refractivity contribution is 6.30. The van der Waals surface area contributed by atoms with Gasteiger partial charge in [0.05, 0.1) is 5.92 Å². The van der Waals surface area contributed by atoms with Gasteiger partial charge in [-0.05, 0) is 50.2 Å². The molecule has 0 saturated carbocycles. The van der Waals surface area contributed by atoms with Crippen LogP contribution < -0.4 is 4.74 Å². The smallest absolute Gasteiger partial charge is 0.266 e. The molecule has 1 aromatic carbocycles. The molecule has 28 heavy (non-hydrogen) atoms. The largest absolute Gasteiger partial charge is 0.478 e. The number of likely N-dealkylation sites (tertiary alicyclic amines) is 1. The second kappa shape index (κ2) is 7.24. The van der Waals surface area contributed by atoms with E-state index < -0.39 is 5.60 Å². The number of hydrogen-bond donors (Lipinski definition) is 0. The van der Waals surface area contributed by atoms with Gasteiger partial charge in [0.1, 0.15) is 11.4 Å². The summed E-state index contributed by atoms with van der Waals surface area (Å²) < 4.78 is 11.2. The molecule has 0 aliphatic carbocycles. The monoisotopic (exact) mass is 398 g/mol. The van der Waals surface area contributed by atoms with E-state index in [0.29, 0.717) is 41.3 Å². The molecule has 0 unspecified atom stereocenters. The molecule has 1 fully saturated rings. The highest BCUT2D eigenvalue weighted by Crippen LogP contribution is 2.30. The number of carbonyl (C=O) groups is 1. The number of amides is 1. The maximum Gasteiger partial charge on any atom is 0.266 e. The summed E-state index contributed by atoms with van der Waals surface area (Å²) in [5.41, 5.74) is -0.338. The summed E-state index contributed by atoms with van der Waals surface area (Å²) in [7, 11) is 0. The lowest BCUT2D eigenvalue weighted by Crippen LogP contribution is -2.57. The minimum absolute atomic E-state index is 0.0141. The molecule has 0 N–H and O–H groups in total. The summed E-state index contributed by atoms with van der Waals surface area (Å²) in [6.45, 7) is 4.53. The van der Waals surface area contributed by atoms with Gasteiger partial charge in [-0.1, -0.05) is 22.8 Å². The average molecular weight is 399 g/mol. The van der Waals surface area contributed by atoms with Crippen LogP contribution in [-0.2, 0) is 4.79 Å². The van der Waals surface area contributed by atoms with Gasteiger partial charge in [-0.2, -0.15) is 4.98 Å². The molecule has 3 aromatic rings. The fraction of sp³-hybridized carbons (Fsp3) is 0.300. The first-order chi connectivity index (χ1) is 13.4. The topological polar surface area (TPSA) is 81.4 Å². The summed E-state index contributed by atoms with van der Waals surface area (Å²) in [6, 6.07) is 12.5. The van der Waals surface area contributed by atoms with Crippen LogP contribution in [0.25, 0.3) is 11.5 Å². The molecule has 144 valence electrons. The molecule has 0 spiro atoms. The van der Waals surface area contributed by atoms with Crippen molar-refractivity contribution >= 4 is 17.5 Å². The van der Waals surface area contributed by atoms with Gasteiger partial charge >= 0.3 is 0 Å². The molecule has 7 nitrogen and oxygen atoms in total. The Hall–Kier alpha value is -2.93. The van der Waals surface area contributed by atoms with Crippen LogP contribution >= 0.6 is 11.6 Å². The van der Waals surface area contributed by atoms with Crippen molar-refractivity contribution in [1.29, 1.82) is 0 Å². The van der Waals surface area contributed by atoms with E-state index in [1.807, 2.05) is 18.2 Å². The number of hydrogen-bond acceptors (Lipinski definition) is 6. The molecule has 1 aliphatic rings. The highest BCUT2D eigenvalue weighted by Gasteiger charge is 2.42. The van der Waals surface area contributed by atoms with E-state index in [1.54, 1.807) is 49.2 Å².